The van der Waals surface area contributed by atoms with Crippen LogP contribution in [0.3, 0.4) is 0 Å². The first-order valence-electron chi connectivity index (χ1n) is 7.60. The molecule has 0 bridgehead atoms. The van der Waals surface area contributed by atoms with E-state index in [1.807, 2.05) is 20.8 Å². The van der Waals surface area contributed by atoms with Crippen molar-refractivity contribution in [3.8, 4) is 0 Å². The van der Waals surface area contributed by atoms with Crippen molar-refractivity contribution in [1.29, 1.82) is 0 Å². The van der Waals surface area contributed by atoms with Crippen LogP contribution in [0, 0.1) is 11.8 Å². The van der Waals surface area contributed by atoms with Gasteiger partial charge >= 0.3 is 12.0 Å². The number of nitrogens with one attached hydrogen (secondary N) is 1. The number of nitrogens with zero attached hydrogens (tertiary/aromatic N) is 1. The lowest BCUT2D eigenvalue weighted by molar-refractivity contribution is -0.141. The van der Waals surface area contributed by atoms with Crippen LogP contribution in [0.1, 0.15) is 52.9 Å². The maximum Gasteiger partial charge on any atom is 0.326 e. The van der Waals surface area contributed by atoms with Crippen LogP contribution in [-0.2, 0) is 4.79 Å². The summed E-state index contributed by atoms with van der Waals surface area (Å²) in [4.78, 5) is 25.2. The Hall–Kier alpha value is -1.26. The third-order valence-electron chi connectivity index (χ3n) is 4.56. The summed E-state index contributed by atoms with van der Waals surface area (Å²) in [5, 5.41) is 12.1. The summed E-state index contributed by atoms with van der Waals surface area (Å²) >= 11 is 0. The molecule has 0 saturated heterocycles. The van der Waals surface area contributed by atoms with E-state index >= 15 is 0 Å². The number of amides is 2. The SMILES string of the molecule is CC(C)C(C)N(C)C(=O)NC(C(=O)O)C1CCCCC1. The molecule has 0 aromatic carbocycles. The minimum atomic E-state index is -0.921. The fourth-order valence-corrected chi connectivity index (χ4v) is 2.72. The lowest BCUT2D eigenvalue weighted by Gasteiger charge is -2.32. The van der Waals surface area contributed by atoms with E-state index in [-0.39, 0.29) is 18.0 Å². The van der Waals surface area contributed by atoms with E-state index in [9.17, 15) is 14.7 Å². The Morgan fingerprint density at radius 3 is 2.15 bits per heavy atom. The molecule has 0 spiro atoms. The molecule has 2 unspecified atom stereocenters. The molecule has 5 nitrogen and oxygen atoms in total. The van der Waals surface area contributed by atoms with Crippen molar-refractivity contribution < 1.29 is 14.7 Å². The summed E-state index contributed by atoms with van der Waals surface area (Å²) in [5.74, 6) is -0.521. The minimum Gasteiger partial charge on any atom is -0.480 e. The van der Waals surface area contributed by atoms with Crippen molar-refractivity contribution >= 4 is 12.0 Å². The van der Waals surface area contributed by atoms with Gasteiger partial charge in [-0.25, -0.2) is 9.59 Å². The van der Waals surface area contributed by atoms with Gasteiger partial charge in [-0.3, -0.25) is 0 Å². The van der Waals surface area contributed by atoms with Gasteiger partial charge in [0.05, 0.1) is 0 Å². The zero-order valence-corrected chi connectivity index (χ0v) is 13.1. The molecular weight excluding hydrogens is 256 g/mol. The number of carbonyl (C=O) groups is 2. The zero-order chi connectivity index (χ0) is 15.3. The molecule has 0 aromatic heterocycles. The van der Waals surface area contributed by atoms with E-state index < -0.39 is 12.0 Å². The van der Waals surface area contributed by atoms with Gasteiger partial charge in [0.1, 0.15) is 6.04 Å². The molecule has 0 aromatic rings. The normalized spacial score (nSPS) is 19.4. The Morgan fingerprint density at radius 1 is 1.15 bits per heavy atom. The predicted octanol–water partition coefficient (Wildman–Crippen LogP) is 2.71. The van der Waals surface area contributed by atoms with Crippen LogP contribution in [0.2, 0.25) is 0 Å². The number of carbonyl (C=O) groups excluding carboxylic acids is 1. The van der Waals surface area contributed by atoms with Gasteiger partial charge in [0.2, 0.25) is 0 Å². The van der Waals surface area contributed by atoms with Gasteiger partial charge in [-0.15, -0.1) is 0 Å². The zero-order valence-electron chi connectivity index (χ0n) is 13.1. The van der Waals surface area contributed by atoms with Crippen LogP contribution in [0.15, 0.2) is 0 Å². The highest BCUT2D eigenvalue weighted by Gasteiger charge is 2.32. The summed E-state index contributed by atoms with van der Waals surface area (Å²) < 4.78 is 0. The molecule has 1 saturated carbocycles. The van der Waals surface area contributed by atoms with Crippen LogP contribution in [-0.4, -0.2) is 41.1 Å². The highest BCUT2D eigenvalue weighted by molar-refractivity contribution is 5.82. The fraction of sp³-hybridized carbons (Fsp3) is 0.867. The molecule has 116 valence electrons. The van der Waals surface area contributed by atoms with E-state index in [0.29, 0.717) is 5.92 Å². The van der Waals surface area contributed by atoms with E-state index in [1.165, 1.54) is 6.42 Å². The van der Waals surface area contributed by atoms with Crippen molar-refractivity contribution in [2.24, 2.45) is 11.8 Å². The highest BCUT2D eigenvalue weighted by atomic mass is 16.4. The summed E-state index contributed by atoms with van der Waals surface area (Å²) in [6.45, 7) is 6.06. The van der Waals surface area contributed by atoms with Crippen LogP contribution in [0.4, 0.5) is 4.79 Å². The Kier molecular flexibility index (Phi) is 6.30. The van der Waals surface area contributed by atoms with Gasteiger partial charge in [-0.2, -0.15) is 0 Å². The second kappa shape index (κ2) is 7.50. The second-order valence-electron chi connectivity index (χ2n) is 6.26. The Morgan fingerprint density at radius 2 is 1.70 bits per heavy atom. The van der Waals surface area contributed by atoms with Crippen molar-refractivity contribution in [3.63, 3.8) is 0 Å². The largest absolute Gasteiger partial charge is 0.480 e. The smallest absolute Gasteiger partial charge is 0.326 e. The molecule has 0 aliphatic heterocycles. The monoisotopic (exact) mass is 284 g/mol. The fourth-order valence-electron chi connectivity index (χ4n) is 2.72. The van der Waals surface area contributed by atoms with Gasteiger partial charge in [0.25, 0.3) is 0 Å². The van der Waals surface area contributed by atoms with E-state index in [0.717, 1.165) is 25.7 Å². The molecular formula is C15H28N2O3. The molecule has 0 radical (unpaired) electrons. The van der Waals surface area contributed by atoms with Crippen LogP contribution >= 0.6 is 0 Å². The molecule has 5 heteroatoms. The van der Waals surface area contributed by atoms with Crippen molar-refractivity contribution in [3.05, 3.63) is 0 Å². The van der Waals surface area contributed by atoms with E-state index in [2.05, 4.69) is 5.32 Å². The first-order valence-corrected chi connectivity index (χ1v) is 7.60. The molecule has 2 N–H and O–H groups in total. The van der Waals surface area contributed by atoms with Crippen LogP contribution < -0.4 is 5.32 Å². The number of hydrogen-bond acceptors (Lipinski definition) is 2. The number of rotatable bonds is 5. The predicted molar refractivity (Wildman–Crippen MR) is 78.6 cm³/mol. The summed E-state index contributed by atoms with van der Waals surface area (Å²) in [7, 11) is 1.72. The third kappa shape index (κ3) is 4.39. The Balaban J connectivity index is 2.65. The first kappa shape index (κ1) is 16.8. The maximum absolute atomic E-state index is 12.2. The molecule has 2 amide bonds. The molecule has 1 rings (SSSR count). The topological polar surface area (TPSA) is 69.6 Å². The summed E-state index contributed by atoms with van der Waals surface area (Å²) in [5.41, 5.74) is 0. The molecule has 0 heterocycles. The molecule has 1 aliphatic carbocycles. The van der Waals surface area contributed by atoms with Crippen molar-refractivity contribution in [2.45, 2.75) is 65.0 Å². The van der Waals surface area contributed by atoms with Gasteiger partial charge in [-0.1, -0.05) is 33.1 Å². The molecule has 2 atom stereocenters. The quantitative estimate of drug-likeness (QED) is 0.815. The number of carboxylic acids is 1. The van der Waals surface area contributed by atoms with Crippen LogP contribution in [0.5, 0.6) is 0 Å². The number of urea groups is 1. The summed E-state index contributed by atoms with van der Waals surface area (Å²) in [6, 6.07) is -0.968. The van der Waals surface area contributed by atoms with Gasteiger partial charge in [0, 0.05) is 13.1 Å². The average Bonchev–Trinajstić information content (AvgIpc) is 2.43. The molecule has 1 aliphatic rings. The van der Waals surface area contributed by atoms with Gasteiger partial charge in [-0.05, 0) is 31.6 Å². The van der Waals surface area contributed by atoms with Gasteiger partial charge < -0.3 is 15.3 Å². The van der Waals surface area contributed by atoms with Crippen LogP contribution in [0.25, 0.3) is 0 Å². The second-order valence-corrected chi connectivity index (χ2v) is 6.26. The number of aliphatic carboxylic acids is 1. The first-order chi connectivity index (χ1) is 9.34. The lowest BCUT2D eigenvalue weighted by atomic mass is 9.84. The van der Waals surface area contributed by atoms with Gasteiger partial charge in [0.15, 0.2) is 0 Å². The summed E-state index contributed by atoms with van der Waals surface area (Å²) in [6.07, 6.45) is 5.06. The van der Waals surface area contributed by atoms with Crippen molar-refractivity contribution in [1.82, 2.24) is 10.2 Å². The lowest BCUT2D eigenvalue weighted by Crippen LogP contribution is -2.53. The molecule has 20 heavy (non-hydrogen) atoms. The van der Waals surface area contributed by atoms with Crippen molar-refractivity contribution in [2.75, 3.05) is 7.05 Å². The average molecular weight is 284 g/mol. The number of carboxylic acid groups (broad SMARTS) is 1. The van der Waals surface area contributed by atoms with E-state index in [1.54, 1.807) is 11.9 Å². The minimum absolute atomic E-state index is 0.0629. The Bertz CT molecular complexity index is 338. The third-order valence-corrected chi connectivity index (χ3v) is 4.56. The number of hydrogen-bond donors (Lipinski definition) is 2. The Labute approximate surface area is 121 Å². The highest BCUT2D eigenvalue weighted by Crippen LogP contribution is 2.26. The molecule has 1 fully saturated rings. The standard InChI is InChI=1S/C15H28N2O3/c1-10(2)11(3)17(4)15(20)16-13(14(18)19)12-8-6-5-7-9-12/h10-13H,5-9H2,1-4H3,(H,16,20)(H,18,19). The maximum atomic E-state index is 12.2. The van der Waals surface area contributed by atoms with E-state index in [4.69, 9.17) is 0 Å².